The van der Waals surface area contributed by atoms with Crippen molar-refractivity contribution in [3.05, 3.63) is 34.1 Å². The molecule has 1 rings (SSSR count). The zero-order valence-corrected chi connectivity index (χ0v) is 11.4. The van der Waals surface area contributed by atoms with E-state index in [4.69, 9.17) is 5.73 Å². The van der Waals surface area contributed by atoms with Gasteiger partial charge in [0.1, 0.15) is 5.82 Å². The molecular weight excluding hydrogens is 269 g/mol. The fourth-order valence-electron chi connectivity index (χ4n) is 1.86. The van der Waals surface area contributed by atoms with E-state index in [1.54, 1.807) is 6.07 Å². The zero-order chi connectivity index (χ0) is 12.1. The third-order valence-electron chi connectivity index (χ3n) is 3.11. The maximum absolute atomic E-state index is 13.3. The minimum Gasteiger partial charge on any atom is -0.324 e. The molecular formula is C13H19BrFN. The first-order valence-electron chi connectivity index (χ1n) is 5.79. The molecule has 0 aromatic heterocycles. The maximum atomic E-state index is 13.3. The van der Waals surface area contributed by atoms with Gasteiger partial charge < -0.3 is 5.73 Å². The molecule has 0 aliphatic heterocycles. The van der Waals surface area contributed by atoms with Crippen molar-refractivity contribution in [1.82, 2.24) is 0 Å². The standard InChI is InChI=1S/C13H19BrFN/c1-3-9(4-2)7-13(16)10-5-6-11(14)12(15)8-10/h5-6,8-9,13H,3-4,7,16H2,1-2H3. The molecule has 1 unspecified atom stereocenters. The largest absolute Gasteiger partial charge is 0.324 e. The Balaban J connectivity index is 2.72. The van der Waals surface area contributed by atoms with E-state index in [0.29, 0.717) is 10.4 Å². The minimum atomic E-state index is -0.238. The van der Waals surface area contributed by atoms with E-state index >= 15 is 0 Å². The molecule has 1 atom stereocenters. The summed E-state index contributed by atoms with van der Waals surface area (Å²) in [5.41, 5.74) is 6.97. The van der Waals surface area contributed by atoms with E-state index in [2.05, 4.69) is 29.8 Å². The van der Waals surface area contributed by atoms with E-state index in [1.807, 2.05) is 6.07 Å². The van der Waals surface area contributed by atoms with E-state index in [0.717, 1.165) is 24.8 Å². The van der Waals surface area contributed by atoms with E-state index in [1.165, 1.54) is 6.07 Å². The molecule has 16 heavy (non-hydrogen) atoms. The predicted octanol–water partition coefficient (Wildman–Crippen LogP) is 4.41. The van der Waals surface area contributed by atoms with Crippen LogP contribution in [0.15, 0.2) is 22.7 Å². The highest BCUT2D eigenvalue weighted by Crippen LogP contribution is 2.25. The van der Waals surface area contributed by atoms with Gasteiger partial charge >= 0.3 is 0 Å². The molecule has 0 spiro atoms. The fourth-order valence-corrected chi connectivity index (χ4v) is 2.11. The molecule has 90 valence electrons. The van der Waals surface area contributed by atoms with Crippen molar-refractivity contribution in [3.8, 4) is 0 Å². The lowest BCUT2D eigenvalue weighted by molar-refractivity contribution is 0.414. The third-order valence-corrected chi connectivity index (χ3v) is 3.76. The Morgan fingerprint density at radius 3 is 2.44 bits per heavy atom. The van der Waals surface area contributed by atoms with Crippen LogP contribution in [0.5, 0.6) is 0 Å². The Morgan fingerprint density at radius 2 is 1.94 bits per heavy atom. The van der Waals surface area contributed by atoms with Gasteiger partial charge in [-0.3, -0.25) is 0 Å². The maximum Gasteiger partial charge on any atom is 0.137 e. The first kappa shape index (κ1) is 13.7. The second-order valence-corrected chi connectivity index (χ2v) is 5.05. The number of benzene rings is 1. The van der Waals surface area contributed by atoms with E-state index < -0.39 is 0 Å². The van der Waals surface area contributed by atoms with E-state index in [9.17, 15) is 4.39 Å². The number of hydrogen-bond donors (Lipinski definition) is 1. The van der Waals surface area contributed by atoms with Gasteiger partial charge in [-0.2, -0.15) is 0 Å². The molecule has 0 bridgehead atoms. The Kier molecular flexibility index (Phi) is 5.42. The van der Waals surface area contributed by atoms with Gasteiger partial charge in [0.25, 0.3) is 0 Å². The summed E-state index contributed by atoms with van der Waals surface area (Å²) in [6.45, 7) is 4.34. The zero-order valence-electron chi connectivity index (χ0n) is 9.84. The summed E-state index contributed by atoms with van der Waals surface area (Å²) in [5.74, 6) is 0.388. The first-order valence-corrected chi connectivity index (χ1v) is 6.58. The SMILES string of the molecule is CCC(CC)CC(N)c1ccc(Br)c(F)c1. The molecule has 0 saturated carbocycles. The lowest BCUT2D eigenvalue weighted by atomic mass is 9.92. The molecule has 0 aliphatic carbocycles. The second kappa shape index (κ2) is 6.36. The van der Waals surface area contributed by atoms with Crippen LogP contribution in [0.3, 0.4) is 0 Å². The molecule has 0 heterocycles. The second-order valence-electron chi connectivity index (χ2n) is 4.20. The van der Waals surface area contributed by atoms with Gasteiger partial charge in [0, 0.05) is 6.04 Å². The molecule has 3 heteroatoms. The highest BCUT2D eigenvalue weighted by Gasteiger charge is 2.13. The monoisotopic (exact) mass is 287 g/mol. The molecule has 1 aromatic carbocycles. The molecule has 1 aromatic rings. The van der Waals surface area contributed by atoms with Crippen molar-refractivity contribution < 1.29 is 4.39 Å². The molecule has 1 nitrogen and oxygen atoms in total. The molecule has 0 amide bonds. The van der Waals surface area contributed by atoms with Crippen molar-refractivity contribution in [3.63, 3.8) is 0 Å². The summed E-state index contributed by atoms with van der Waals surface area (Å²) in [6, 6.07) is 5.07. The van der Waals surface area contributed by atoms with Crippen molar-refractivity contribution in [1.29, 1.82) is 0 Å². The Hall–Kier alpha value is -0.410. The fraction of sp³-hybridized carbons (Fsp3) is 0.538. The lowest BCUT2D eigenvalue weighted by Gasteiger charge is -2.18. The number of nitrogens with two attached hydrogens (primary N) is 1. The van der Waals surface area contributed by atoms with Gasteiger partial charge in [0.2, 0.25) is 0 Å². The summed E-state index contributed by atoms with van der Waals surface area (Å²) >= 11 is 3.14. The van der Waals surface area contributed by atoms with Crippen molar-refractivity contribution >= 4 is 15.9 Å². The van der Waals surface area contributed by atoms with Crippen LogP contribution in [0.25, 0.3) is 0 Å². The van der Waals surface area contributed by atoms with Crippen LogP contribution in [0.1, 0.15) is 44.7 Å². The Labute approximate surface area is 105 Å². The van der Waals surface area contributed by atoms with E-state index in [-0.39, 0.29) is 11.9 Å². The summed E-state index contributed by atoms with van der Waals surface area (Å²) in [4.78, 5) is 0. The molecule has 0 radical (unpaired) electrons. The van der Waals surface area contributed by atoms with Crippen LogP contribution >= 0.6 is 15.9 Å². The van der Waals surface area contributed by atoms with Crippen LogP contribution in [0.2, 0.25) is 0 Å². The van der Waals surface area contributed by atoms with Gasteiger partial charge in [0.05, 0.1) is 4.47 Å². The van der Waals surface area contributed by atoms with Gasteiger partial charge in [-0.05, 0) is 46.0 Å². The van der Waals surface area contributed by atoms with Crippen LogP contribution < -0.4 is 5.73 Å². The normalized spacial score (nSPS) is 13.1. The molecule has 2 N–H and O–H groups in total. The molecule has 0 aliphatic rings. The quantitative estimate of drug-likeness (QED) is 0.853. The lowest BCUT2D eigenvalue weighted by Crippen LogP contribution is -2.15. The summed E-state index contributed by atoms with van der Waals surface area (Å²) < 4.78 is 13.8. The third kappa shape index (κ3) is 3.56. The summed E-state index contributed by atoms with van der Waals surface area (Å²) in [7, 11) is 0. The summed E-state index contributed by atoms with van der Waals surface area (Å²) in [6.07, 6.45) is 3.18. The number of halogens is 2. The minimum absolute atomic E-state index is 0.0625. The van der Waals surface area contributed by atoms with Gasteiger partial charge in [-0.15, -0.1) is 0 Å². The number of rotatable bonds is 5. The first-order chi connectivity index (χ1) is 7.58. The van der Waals surface area contributed by atoms with Gasteiger partial charge in [0.15, 0.2) is 0 Å². The average molecular weight is 288 g/mol. The predicted molar refractivity (Wildman–Crippen MR) is 69.7 cm³/mol. The average Bonchev–Trinajstić information content (AvgIpc) is 2.29. The molecule has 0 fully saturated rings. The van der Waals surface area contributed by atoms with Crippen molar-refractivity contribution in [2.24, 2.45) is 11.7 Å². The number of hydrogen-bond acceptors (Lipinski definition) is 1. The summed E-state index contributed by atoms with van der Waals surface area (Å²) in [5, 5.41) is 0. The van der Waals surface area contributed by atoms with Crippen LogP contribution in [-0.2, 0) is 0 Å². The van der Waals surface area contributed by atoms with Crippen molar-refractivity contribution in [2.45, 2.75) is 39.2 Å². The van der Waals surface area contributed by atoms with Crippen LogP contribution in [-0.4, -0.2) is 0 Å². The van der Waals surface area contributed by atoms with Gasteiger partial charge in [-0.1, -0.05) is 32.8 Å². The Morgan fingerprint density at radius 1 is 1.31 bits per heavy atom. The van der Waals surface area contributed by atoms with Crippen LogP contribution in [0.4, 0.5) is 4.39 Å². The van der Waals surface area contributed by atoms with Crippen molar-refractivity contribution in [2.75, 3.05) is 0 Å². The smallest absolute Gasteiger partial charge is 0.137 e. The Bertz CT molecular complexity index is 337. The molecule has 0 saturated heterocycles. The highest BCUT2D eigenvalue weighted by atomic mass is 79.9. The van der Waals surface area contributed by atoms with Crippen LogP contribution in [0, 0.1) is 11.7 Å². The highest BCUT2D eigenvalue weighted by molar-refractivity contribution is 9.10. The topological polar surface area (TPSA) is 26.0 Å². The van der Waals surface area contributed by atoms with Gasteiger partial charge in [-0.25, -0.2) is 4.39 Å².